The van der Waals surface area contributed by atoms with Gasteiger partial charge in [0.15, 0.2) is 0 Å². The van der Waals surface area contributed by atoms with Gasteiger partial charge in [-0.1, -0.05) is 18.2 Å². The van der Waals surface area contributed by atoms with Gasteiger partial charge in [-0.2, -0.15) is 5.10 Å². The molecule has 0 atom stereocenters. The topological polar surface area (TPSA) is 59.5 Å². The first-order valence-electron chi connectivity index (χ1n) is 7.95. The molecule has 0 aliphatic heterocycles. The molecule has 1 aromatic carbocycles. The van der Waals surface area contributed by atoms with Crippen molar-refractivity contribution in [2.24, 2.45) is 5.10 Å². The predicted molar refractivity (Wildman–Crippen MR) is 98.9 cm³/mol. The van der Waals surface area contributed by atoms with Gasteiger partial charge in [0, 0.05) is 23.3 Å². The second-order valence-corrected chi connectivity index (χ2v) is 5.55. The van der Waals surface area contributed by atoms with Gasteiger partial charge < -0.3 is 8.98 Å². The third kappa shape index (κ3) is 3.77. The Morgan fingerprint density at radius 3 is 2.68 bits per heavy atom. The Kier molecular flexibility index (Phi) is 4.95. The number of hydrogen-bond acceptors (Lipinski definition) is 3. The first-order valence-corrected chi connectivity index (χ1v) is 7.95. The van der Waals surface area contributed by atoms with Crippen LogP contribution < -0.4 is 5.43 Å². The Morgan fingerprint density at radius 2 is 1.96 bits per heavy atom. The van der Waals surface area contributed by atoms with Gasteiger partial charge in [0.2, 0.25) is 0 Å². The van der Waals surface area contributed by atoms with Crippen molar-refractivity contribution in [2.45, 2.75) is 13.8 Å². The van der Waals surface area contributed by atoms with Crippen LogP contribution in [-0.2, 0) is 0 Å². The zero-order valence-electron chi connectivity index (χ0n) is 14.1. The highest BCUT2D eigenvalue weighted by Gasteiger charge is 2.15. The molecule has 126 valence electrons. The van der Waals surface area contributed by atoms with E-state index in [0.717, 1.165) is 22.8 Å². The summed E-state index contributed by atoms with van der Waals surface area (Å²) in [6.45, 7) is 3.90. The number of carbonyl (C=O) groups excluding carboxylic acids is 1. The van der Waals surface area contributed by atoms with E-state index in [-0.39, 0.29) is 5.91 Å². The number of allylic oxidation sites excluding steroid dienone is 1. The van der Waals surface area contributed by atoms with Crippen molar-refractivity contribution in [3.8, 4) is 5.69 Å². The van der Waals surface area contributed by atoms with Crippen LogP contribution in [0.15, 0.2) is 70.4 Å². The van der Waals surface area contributed by atoms with E-state index in [9.17, 15) is 4.79 Å². The molecule has 25 heavy (non-hydrogen) atoms. The molecule has 3 rings (SSSR count). The van der Waals surface area contributed by atoms with Crippen LogP contribution in [0, 0.1) is 13.8 Å². The van der Waals surface area contributed by atoms with Gasteiger partial charge in [-0.15, -0.1) is 0 Å². The summed E-state index contributed by atoms with van der Waals surface area (Å²) in [6, 6.07) is 15.5. The first kappa shape index (κ1) is 16.5. The fraction of sp³-hybridized carbons (Fsp3) is 0.100. The van der Waals surface area contributed by atoms with E-state index < -0.39 is 0 Å². The van der Waals surface area contributed by atoms with Crippen LogP contribution in [0.4, 0.5) is 0 Å². The number of rotatable bonds is 5. The maximum Gasteiger partial charge on any atom is 0.273 e. The van der Waals surface area contributed by atoms with E-state index in [1.165, 1.54) is 6.21 Å². The molecule has 0 unspecified atom stereocenters. The molecule has 0 fully saturated rings. The Hall–Kier alpha value is -3.34. The van der Waals surface area contributed by atoms with Gasteiger partial charge in [0.25, 0.3) is 5.91 Å². The van der Waals surface area contributed by atoms with Crippen molar-refractivity contribution in [3.63, 3.8) is 0 Å². The van der Waals surface area contributed by atoms with Crippen molar-refractivity contribution in [1.82, 2.24) is 9.99 Å². The maximum atomic E-state index is 12.4. The lowest BCUT2D eigenvalue weighted by Gasteiger charge is -2.09. The third-order valence-electron chi connectivity index (χ3n) is 3.82. The number of nitrogens with zero attached hydrogens (tertiary/aromatic N) is 2. The second-order valence-electron chi connectivity index (χ2n) is 5.55. The van der Waals surface area contributed by atoms with E-state index >= 15 is 0 Å². The molecule has 1 N–H and O–H groups in total. The Bertz CT molecular complexity index is 904. The van der Waals surface area contributed by atoms with Gasteiger partial charge >= 0.3 is 0 Å². The highest BCUT2D eigenvalue weighted by Crippen LogP contribution is 2.20. The third-order valence-corrected chi connectivity index (χ3v) is 3.82. The van der Waals surface area contributed by atoms with Crippen molar-refractivity contribution >= 4 is 18.2 Å². The summed E-state index contributed by atoms with van der Waals surface area (Å²) < 4.78 is 7.22. The van der Waals surface area contributed by atoms with Crippen LogP contribution in [-0.4, -0.2) is 16.7 Å². The lowest BCUT2D eigenvalue weighted by molar-refractivity contribution is 0.0954. The van der Waals surface area contributed by atoms with Crippen molar-refractivity contribution in [1.29, 1.82) is 0 Å². The molecule has 0 saturated carbocycles. The Labute approximate surface area is 146 Å². The number of benzene rings is 1. The summed E-state index contributed by atoms with van der Waals surface area (Å²) in [4.78, 5) is 12.4. The molecule has 0 spiro atoms. The fourth-order valence-corrected chi connectivity index (χ4v) is 2.69. The summed E-state index contributed by atoms with van der Waals surface area (Å²) in [5, 5.41) is 3.94. The largest absolute Gasteiger partial charge is 0.465 e. The van der Waals surface area contributed by atoms with Crippen LogP contribution in [0.2, 0.25) is 0 Å². The minimum Gasteiger partial charge on any atom is -0.465 e. The molecule has 2 aromatic heterocycles. The molecule has 2 heterocycles. The standard InChI is InChI=1S/C20H19N3O2/c1-15-14-19(16(2)23(15)17-8-4-3-5-9-17)20(24)22-21-12-6-10-18-11-7-13-25-18/h3-14H,1-2H3,(H,22,24). The number of hydrogen-bond donors (Lipinski definition) is 1. The SMILES string of the molecule is Cc1cc(C(=O)NN=CC=Cc2ccco2)c(C)n1-c1ccccc1. The molecule has 0 bridgehead atoms. The van der Waals surface area contributed by atoms with Crippen LogP contribution in [0.25, 0.3) is 11.8 Å². The Morgan fingerprint density at radius 1 is 1.16 bits per heavy atom. The average molecular weight is 333 g/mol. The summed E-state index contributed by atoms with van der Waals surface area (Å²) >= 11 is 0. The van der Waals surface area contributed by atoms with E-state index in [4.69, 9.17) is 4.42 Å². The first-order chi connectivity index (χ1) is 12.2. The van der Waals surface area contributed by atoms with Crippen molar-refractivity contribution in [2.75, 3.05) is 0 Å². The van der Waals surface area contributed by atoms with E-state index in [1.54, 1.807) is 24.5 Å². The smallest absolute Gasteiger partial charge is 0.273 e. The number of amides is 1. The molecule has 1 amide bonds. The molecule has 0 radical (unpaired) electrons. The molecule has 5 heteroatoms. The van der Waals surface area contributed by atoms with Crippen LogP contribution in [0.1, 0.15) is 27.5 Å². The zero-order valence-corrected chi connectivity index (χ0v) is 14.1. The number of nitrogens with one attached hydrogen (secondary N) is 1. The van der Waals surface area contributed by atoms with E-state index in [2.05, 4.69) is 15.1 Å². The van der Waals surface area contributed by atoms with Crippen LogP contribution >= 0.6 is 0 Å². The quantitative estimate of drug-likeness (QED) is 0.564. The van der Waals surface area contributed by atoms with Crippen molar-refractivity contribution < 1.29 is 9.21 Å². The molecule has 5 nitrogen and oxygen atoms in total. The van der Waals surface area contributed by atoms with Gasteiger partial charge in [-0.3, -0.25) is 4.79 Å². The van der Waals surface area contributed by atoms with Crippen LogP contribution in [0.5, 0.6) is 0 Å². The van der Waals surface area contributed by atoms with Gasteiger partial charge in [0.05, 0.1) is 11.8 Å². The maximum absolute atomic E-state index is 12.4. The number of aromatic nitrogens is 1. The molecule has 0 aliphatic rings. The number of furan rings is 1. The van der Waals surface area contributed by atoms with E-state index in [0.29, 0.717) is 5.56 Å². The monoisotopic (exact) mass is 333 g/mol. The molecule has 0 saturated heterocycles. The van der Waals surface area contributed by atoms with Crippen LogP contribution in [0.3, 0.4) is 0 Å². The summed E-state index contributed by atoms with van der Waals surface area (Å²) in [7, 11) is 0. The average Bonchev–Trinajstić information content (AvgIpc) is 3.23. The highest BCUT2D eigenvalue weighted by molar-refractivity contribution is 5.96. The fourth-order valence-electron chi connectivity index (χ4n) is 2.69. The number of para-hydroxylation sites is 1. The molecular weight excluding hydrogens is 314 g/mol. The molecule has 0 aliphatic carbocycles. The van der Waals surface area contributed by atoms with Gasteiger partial charge in [-0.25, -0.2) is 5.43 Å². The van der Waals surface area contributed by atoms with Crippen molar-refractivity contribution in [3.05, 3.63) is 83.6 Å². The molecule has 3 aromatic rings. The second kappa shape index (κ2) is 7.49. The predicted octanol–water partition coefficient (Wildman–Crippen LogP) is 4.12. The lowest BCUT2D eigenvalue weighted by atomic mass is 10.2. The minimum absolute atomic E-state index is 0.238. The van der Waals surface area contributed by atoms with Gasteiger partial charge in [0.1, 0.15) is 5.76 Å². The Balaban J connectivity index is 1.71. The zero-order chi connectivity index (χ0) is 17.6. The van der Waals surface area contributed by atoms with E-state index in [1.807, 2.05) is 56.3 Å². The minimum atomic E-state index is -0.238. The normalized spacial score (nSPS) is 11.4. The summed E-state index contributed by atoms with van der Waals surface area (Å²) in [5.41, 5.74) is 6.05. The highest BCUT2D eigenvalue weighted by atomic mass is 16.3. The summed E-state index contributed by atoms with van der Waals surface area (Å²) in [6.07, 6.45) is 6.57. The van der Waals surface area contributed by atoms with Gasteiger partial charge in [-0.05, 0) is 56.3 Å². The number of carbonyl (C=O) groups is 1. The number of aryl methyl sites for hydroxylation is 1. The number of hydrazone groups is 1. The molecular formula is C20H19N3O2. The summed E-state index contributed by atoms with van der Waals surface area (Å²) in [5.74, 6) is 0.488. The lowest BCUT2D eigenvalue weighted by Crippen LogP contribution is -2.18.